The smallest absolute Gasteiger partial charge is 0.245 e. The Morgan fingerprint density at radius 2 is 1.81 bits per heavy atom. The first-order valence-corrected chi connectivity index (χ1v) is 8.24. The summed E-state index contributed by atoms with van der Waals surface area (Å²) in [6, 6.07) is 13.2. The maximum Gasteiger partial charge on any atom is 0.245 e. The van der Waals surface area contributed by atoms with Crippen molar-refractivity contribution >= 4 is 27.3 Å². The molecule has 0 aliphatic rings. The molecule has 0 bridgehead atoms. The monoisotopic (exact) mass is 324 g/mol. The van der Waals surface area contributed by atoms with Crippen LogP contribution >= 0.6 is 11.6 Å². The van der Waals surface area contributed by atoms with Gasteiger partial charge in [-0.05, 0) is 36.8 Å². The lowest BCUT2D eigenvalue weighted by atomic mass is 10.1. The van der Waals surface area contributed by atoms with E-state index in [9.17, 15) is 8.42 Å². The second-order valence-corrected chi connectivity index (χ2v) is 7.19. The predicted molar refractivity (Wildman–Crippen MR) is 85.7 cm³/mol. The van der Waals surface area contributed by atoms with E-state index in [4.69, 9.17) is 17.3 Å². The zero-order chi connectivity index (χ0) is 15.6. The minimum absolute atomic E-state index is 0.112. The lowest BCUT2D eigenvalue weighted by molar-refractivity contribution is 0.398. The number of rotatable bonds is 4. The summed E-state index contributed by atoms with van der Waals surface area (Å²) in [6.45, 7) is 1.81. The van der Waals surface area contributed by atoms with Crippen LogP contribution in [-0.2, 0) is 10.0 Å². The van der Waals surface area contributed by atoms with Gasteiger partial charge in [-0.25, -0.2) is 8.42 Å². The van der Waals surface area contributed by atoms with Crippen LogP contribution in [0.4, 0.5) is 5.69 Å². The van der Waals surface area contributed by atoms with Gasteiger partial charge in [0, 0.05) is 18.1 Å². The van der Waals surface area contributed by atoms with Gasteiger partial charge < -0.3 is 5.73 Å². The summed E-state index contributed by atoms with van der Waals surface area (Å²) in [6.07, 6.45) is 0. The van der Waals surface area contributed by atoms with Crippen molar-refractivity contribution in [3.05, 3.63) is 59.1 Å². The lowest BCUT2D eigenvalue weighted by Crippen LogP contribution is -2.30. The molecule has 0 radical (unpaired) electrons. The molecule has 0 spiro atoms. The first-order chi connectivity index (χ1) is 9.84. The highest BCUT2D eigenvalue weighted by molar-refractivity contribution is 7.89. The number of nitrogens with two attached hydrogens (primary N) is 1. The fourth-order valence-corrected chi connectivity index (χ4v) is 3.72. The Labute approximate surface area is 130 Å². The number of hydrogen-bond donors (Lipinski definition) is 1. The fourth-order valence-electron chi connectivity index (χ4n) is 2.06. The van der Waals surface area contributed by atoms with Crippen molar-refractivity contribution in [2.24, 2.45) is 0 Å². The topological polar surface area (TPSA) is 63.4 Å². The van der Waals surface area contributed by atoms with E-state index in [-0.39, 0.29) is 16.6 Å². The highest BCUT2D eigenvalue weighted by atomic mass is 35.5. The molecule has 2 aromatic rings. The van der Waals surface area contributed by atoms with Crippen LogP contribution in [0.3, 0.4) is 0 Å². The maximum atomic E-state index is 12.7. The second-order valence-electron chi connectivity index (χ2n) is 4.79. The minimum Gasteiger partial charge on any atom is -0.398 e. The molecule has 0 amide bonds. The van der Waals surface area contributed by atoms with Gasteiger partial charge in [-0.2, -0.15) is 4.31 Å². The van der Waals surface area contributed by atoms with Crippen molar-refractivity contribution in [2.45, 2.75) is 17.9 Å². The molecule has 0 saturated heterocycles. The number of para-hydroxylation sites is 1. The normalized spacial score (nSPS) is 13.3. The van der Waals surface area contributed by atoms with Crippen molar-refractivity contribution in [3.63, 3.8) is 0 Å². The largest absolute Gasteiger partial charge is 0.398 e. The summed E-state index contributed by atoms with van der Waals surface area (Å²) in [4.78, 5) is 0.112. The molecule has 2 N–H and O–H groups in total. The summed E-state index contributed by atoms with van der Waals surface area (Å²) in [5, 5.41) is 0.573. The predicted octanol–water partition coefficient (Wildman–Crippen LogP) is 3.30. The highest BCUT2D eigenvalue weighted by Gasteiger charge is 2.27. The van der Waals surface area contributed by atoms with Gasteiger partial charge in [0.15, 0.2) is 0 Å². The van der Waals surface area contributed by atoms with E-state index in [1.807, 2.05) is 13.0 Å². The number of nitrogens with zero attached hydrogens (tertiary/aromatic N) is 1. The number of anilines is 1. The van der Waals surface area contributed by atoms with E-state index in [0.29, 0.717) is 5.02 Å². The number of sulfonamides is 1. The summed E-state index contributed by atoms with van der Waals surface area (Å²) >= 11 is 5.96. The first kappa shape index (κ1) is 15.8. The van der Waals surface area contributed by atoms with Crippen LogP contribution in [0.25, 0.3) is 0 Å². The Kier molecular flexibility index (Phi) is 4.56. The van der Waals surface area contributed by atoms with Crippen LogP contribution < -0.4 is 5.73 Å². The van der Waals surface area contributed by atoms with E-state index >= 15 is 0 Å². The van der Waals surface area contributed by atoms with Crippen molar-refractivity contribution < 1.29 is 8.42 Å². The first-order valence-electron chi connectivity index (χ1n) is 6.42. The maximum absolute atomic E-state index is 12.7. The van der Waals surface area contributed by atoms with Crippen LogP contribution in [-0.4, -0.2) is 19.8 Å². The third-order valence-corrected chi connectivity index (χ3v) is 5.69. The van der Waals surface area contributed by atoms with Crippen LogP contribution in [0.2, 0.25) is 5.02 Å². The molecule has 0 aliphatic heterocycles. The Hall–Kier alpha value is -1.56. The number of hydrogen-bond acceptors (Lipinski definition) is 3. The van der Waals surface area contributed by atoms with Gasteiger partial charge in [-0.1, -0.05) is 35.9 Å². The van der Waals surface area contributed by atoms with Gasteiger partial charge in [0.25, 0.3) is 0 Å². The average molecular weight is 325 g/mol. The van der Waals surface area contributed by atoms with Crippen LogP contribution in [0.1, 0.15) is 18.5 Å². The summed E-state index contributed by atoms with van der Waals surface area (Å²) in [5.41, 5.74) is 6.84. The van der Waals surface area contributed by atoms with E-state index in [1.54, 1.807) is 36.4 Å². The Morgan fingerprint density at radius 3 is 2.43 bits per heavy atom. The van der Waals surface area contributed by atoms with E-state index in [0.717, 1.165) is 5.56 Å². The molecule has 112 valence electrons. The molecule has 0 aliphatic carbocycles. The Morgan fingerprint density at radius 1 is 1.14 bits per heavy atom. The van der Waals surface area contributed by atoms with E-state index in [1.165, 1.54) is 17.4 Å². The molecule has 2 aromatic carbocycles. The molecule has 4 nitrogen and oxygen atoms in total. The van der Waals surface area contributed by atoms with Gasteiger partial charge >= 0.3 is 0 Å². The second kappa shape index (κ2) is 6.05. The van der Waals surface area contributed by atoms with Gasteiger partial charge in [0.05, 0.1) is 5.69 Å². The van der Waals surface area contributed by atoms with E-state index < -0.39 is 10.0 Å². The molecule has 2 rings (SSSR count). The summed E-state index contributed by atoms with van der Waals surface area (Å²) in [7, 11) is -2.13. The van der Waals surface area contributed by atoms with Crippen LogP contribution in [0, 0.1) is 0 Å². The fraction of sp³-hybridized carbons (Fsp3) is 0.200. The molecular weight excluding hydrogens is 308 g/mol. The number of benzene rings is 2. The molecular formula is C15H17ClN2O2S. The quantitative estimate of drug-likeness (QED) is 0.878. The summed E-state index contributed by atoms with van der Waals surface area (Å²) < 4.78 is 26.6. The Balaban J connectivity index is 2.39. The van der Waals surface area contributed by atoms with Gasteiger partial charge in [0.1, 0.15) is 4.90 Å². The minimum atomic E-state index is -3.66. The van der Waals surface area contributed by atoms with Gasteiger partial charge in [-0.15, -0.1) is 0 Å². The summed E-state index contributed by atoms with van der Waals surface area (Å²) in [5.74, 6) is 0. The van der Waals surface area contributed by atoms with Crippen molar-refractivity contribution in [2.75, 3.05) is 12.8 Å². The molecule has 0 fully saturated rings. The lowest BCUT2D eigenvalue weighted by Gasteiger charge is -2.25. The zero-order valence-electron chi connectivity index (χ0n) is 11.8. The standard InChI is InChI=1S/C15H17ClN2O2S/c1-11(12-6-5-7-13(16)10-12)18(2)21(19,20)15-9-4-3-8-14(15)17/h3-11H,17H2,1-2H3. The molecule has 0 aromatic heterocycles. The molecule has 1 unspecified atom stereocenters. The van der Waals surface area contributed by atoms with Gasteiger partial charge in [0.2, 0.25) is 10.0 Å². The number of nitrogen functional groups attached to an aromatic ring is 1. The van der Waals surface area contributed by atoms with Gasteiger partial charge in [-0.3, -0.25) is 0 Å². The molecule has 21 heavy (non-hydrogen) atoms. The Bertz CT molecular complexity index is 747. The molecule has 1 atom stereocenters. The van der Waals surface area contributed by atoms with Crippen LogP contribution in [0.5, 0.6) is 0 Å². The van der Waals surface area contributed by atoms with Crippen molar-refractivity contribution in [1.82, 2.24) is 4.31 Å². The zero-order valence-corrected chi connectivity index (χ0v) is 13.4. The molecule has 0 heterocycles. The van der Waals surface area contributed by atoms with Crippen molar-refractivity contribution in [1.29, 1.82) is 0 Å². The number of halogens is 1. The SMILES string of the molecule is CC(c1cccc(Cl)c1)N(C)S(=O)(=O)c1ccccc1N. The van der Waals surface area contributed by atoms with E-state index in [2.05, 4.69) is 0 Å². The third-order valence-electron chi connectivity index (χ3n) is 3.45. The average Bonchev–Trinajstić information content (AvgIpc) is 2.46. The third kappa shape index (κ3) is 3.20. The molecule has 6 heteroatoms. The highest BCUT2D eigenvalue weighted by Crippen LogP contribution is 2.29. The van der Waals surface area contributed by atoms with Crippen LogP contribution in [0.15, 0.2) is 53.4 Å². The molecule has 0 saturated carbocycles. The van der Waals surface area contributed by atoms with Crippen molar-refractivity contribution in [3.8, 4) is 0 Å².